The van der Waals surface area contributed by atoms with Crippen molar-refractivity contribution in [2.24, 2.45) is 0 Å². The summed E-state index contributed by atoms with van der Waals surface area (Å²) in [6.07, 6.45) is 0.382. The lowest BCUT2D eigenvalue weighted by Gasteiger charge is -2.11. The van der Waals surface area contributed by atoms with Crippen LogP contribution in [0.1, 0.15) is 16.7 Å². The third-order valence-corrected chi connectivity index (χ3v) is 4.06. The molecule has 0 aliphatic rings. The second-order valence-electron chi connectivity index (χ2n) is 4.44. The fourth-order valence-electron chi connectivity index (χ4n) is 2.08. The molecule has 2 aromatic rings. The van der Waals surface area contributed by atoms with Gasteiger partial charge >= 0.3 is 0 Å². The molecular formula is C15H12Cl3FO. The van der Waals surface area contributed by atoms with E-state index in [-0.39, 0.29) is 10.0 Å². The van der Waals surface area contributed by atoms with Crippen molar-refractivity contribution < 1.29 is 9.13 Å². The van der Waals surface area contributed by atoms with Crippen LogP contribution in [0.25, 0.3) is 0 Å². The van der Waals surface area contributed by atoms with Gasteiger partial charge in [0.05, 0.1) is 22.2 Å². The Hall–Kier alpha value is -0.960. The maximum atomic E-state index is 14.0. The summed E-state index contributed by atoms with van der Waals surface area (Å²) in [5, 5.41) is 0.653. The summed E-state index contributed by atoms with van der Waals surface area (Å²) in [6, 6.07) is 6.87. The summed E-state index contributed by atoms with van der Waals surface area (Å²) < 4.78 is 19.2. The SMILES string of the molecule is COc1c(C)cc(Cc2ccc(Cl)c(Cl)c2F)cc1Cl. The van der Waals surface area contributed by atoms with E-state index in [2.05, 4.69) is 0 Å². The molecule has 2 aromatic carbocycles. The van der Waals surface area contributed by atoms with Crippen LogP contribution >= 0.6 is 34.8 Å². The van der Waals surface area contributed by atoms with Gasteiger partial charge in [-0.2, -0.15) is 0 Å². The van der Waals surface area contributed by atoms with Crippen LogP contribution in [0.2, 0.25) is 15.1 Å². The summed E-state index contributed by atoms with van der Waals surface area (Å²) in [4.78, 5) is 0. The fraction of sp³-hybridized carbons (Fsp3) is 0.200. The number of ether oxygens (including phenoxy) is 1. The van der Waals surface area contributed by atoms with E-state index >= 15 is 0 Å². The molecule has 0 saturated heterocycles. The molecule has 5 heteroatoms. The van der Waals surface area contributed by atoms with Gasteiger partial charge in [-0.15, -0.1) is 0 Å². The Balaban J connectivity index is 2.38. The molecule has 0 radical (unpaired) electrons. The Kier molecular flexibility index (Phi) is 4.79. The van der Waals surface area contributed by atoms with Crippen LogP contribution in [-0.2, 0) is 6.42 Å². The molecule has 0 aromatic heterocycles. The van der Waals surface area contributed by atoms with Gasteiger partial charge in [0.15, 0.2) is 0 Å². The molecule has 0 saturated carbocycles. The first-order chi connectivity index (χ1) is 9.43. The van der Waals surface area contributed by atoms with Gasteiger partial charge in [-0.25, -0.2) is 4.39 Å². The smallest absolute Gasteiger partial charge is 0.146 e. The first kappa shape index (κ1) is 15.4. The Morgan fingerprint density at radius 1 is 1.10 bits per heavy atom. The van der Waals surface area contributed by atoms with Crippen molar-refractivity contribution >= 4 is 34.8 Å². The zero-order valence-electron chi connectivity index (χ0n) is 10.9. The molecule has 0 amide bonds. The summed E-state index contributed by atoms with van der Waals surface area (Å²) in [7, 11) is 1.56. The zero-order chi connectivity index (χ0) is 14.9. The van der Waals surface area contributed by atoms with Crippen molar-refractivity contribution in [3.05, 3.63) is 61.8 Å². The molecule has 0 unspecified atom stereocenters. The van der Waals surface area contributed by atoms with Crippen LogP contribution < -0.4 is 4.74 Å². The highest BCUT2D eigenvalue weighted by Gasteiger charge is 2.13. The van der Waals surface area contributed by atoms with E-state index < -0.39 is 5.82 Å². The lowest BCUT2D eigenvalue weighted by Crippen LogP contribution is -1.96. The molecule has 0 fully saturated rings. The van der Waals surface area contributed by atoms with Crippen LogP contribution in [0.15, 0.2) is 24.3 Å². The molecule has 0 atom stereocenters. The number of rotatable bonds is 3. The van der Waals surface area contributed by atoms with Crippen molar-refractivity contribution in [3.8, 4) is 5.75 Å². The predicted octanol–water partition coefficient (Wildman–Crippen LogP) is 5.69. The average Bonchev–Trinajstić information content (AvgIpc) is 2.39. The van der Waals surface area contributed by atoms with E-state index in [4.69, 9.17) is 39.5 Å². The number of methoxy groups -OCH3 is 1. The minimum absolute atomic E-state index is 0.0551. The van der Waals surface area contributed by atoms with Gasteiger partial charge in [0.25, 0.3) is 0 Å². The third-order valence-electron chi connectivity index (χ3n) is 3.00. The molecule has 20 heavy (non-hydrogen) atoms. The van der Waals surface area contributed by atoms with Crippen LogP contribution in [-0.4, -0.2) is 7.11 Å². The topological polar surface area (TPSA) is 9.23 Å². The van der Waals surface area contributed by atoms with Crippen molar-refractivity contribution in [2.45, 2.75) is 13.3 Å². The molecule has 2 rings (SSSR count). The second-order valence-corrected chi connectivity index (χ2v) is 5.63. The molecule has 0 bridgehead atoms. The van der Waals surface area contributed by atoms with E-state index in [1.54, 1.807) is 25.3 Å². The molecule has 106 valence electrons. The monoisotopic (exact) mass is 332 g/mol. The standard InChI is InChI=1S/C15H12Cl3FO/c1-8-5-9(7-12(17)15(8)20-2)6-10-3-4-11(16)13(18)14(10)19/h3-5,7H,6H2,1-2H3. The molecule has 0 aliphatic carbocycles. The molecule has 0 N–H and O–H groups in total. The summed E-state index contributed by atoms with van der Waals surface area (Å²) in [5.74, 6) is 0.133. The second kappa shape index (κ2) is 6.21. The maximum Gasteiger partial charge on any atom is 0.146 e. The van der Waals surface area contributed by atoms with Gasteiger partial charge in [0.1, 0.15) is 11.6 Å². The predicted molar refractivity (Wildman–Crippen MR) is 82.0 cm³/mol. The number of hydrogen-bond donors (Lipinski definition) is 0. The van der Waals surface area contributed by atoms with Crippen molar-refractivity contribution in [1.29, 1.82) is 0 Å². The van der Waals surface area contributed by atoms with Gasteiger partial charge in [-0.05, 0) is 35.7 Å². The molecule has 1 nitrogen and oxygen atoms in total. The van der Waals surface area contributed by atoms with Gasteiger partial charge < -0.3 is 4.74 Å². The quantitative estimate of drug-likeness (QED) is 0.655. The van der Waals surface area contributed by atoms with Gasteiger partial charge in [-0.3, -0.25) is 0 Å². The summed E-state index contributed by atoms with van der Waals surface area (Å²) in [6.45, 7) is 1.89. The summed E-state index contributed by atoms with van der Waals surface area (Å²) >= 11 is 17.7. The van der Waals surface area contributed by atoms with Gasteiger partial charge in [0.2, 0.25) is 0 Å². The lowest BCUT2D eigenvalue weighted by atomic mass is 10.0. The first-order valence-corrected chi connectivity index (χ1v) is 7.02. The van der Waals surface area contributed by atoms with E-state index in [1.165, 1.54) is 0 Å². The Bertz CT molecular complexity index is 633. The minimum Gasteiger partial charge on any atom is -0.495 e. The highest BCUT2D eigenvalue weighted by atomic mass is 35.5. The third kappa shape index (κ3) is 3.03. The highest BCUT2D eigenvalue weighted by Crippen LogP contribution is 2.32. The number of aryl methyl sites for hydroxylation is 1. The Morgan fingerprint density at radius 3 is 2.40 bits per heavy atom. The lowest BCUT2D eigenvalue weighted by molar-refractivity contribution is 0.412. The van der Waals surface area contributed by atoms with Crippen LogP contribution in [0.3, 0.4) is 0 Å². The van der Waals surface area contributed by atoms with Gasteiger partial charge in [-0.1, -0.05) is 46.9 Å². The fourth-order valence-corrected chi connectivity index (χ4v) is 2.78. The highest BCUT2D eigenvalue weighted by molar-refractivity contribution is 6.42. The Morgan fingerprint density at radius 2 is 1.80 bits per heavy atom. The molecule has 0 heterocycles. The van der Waals surface area contributed by atoms with E-state index in [0.717, 1.165) is 11.1 Å². The van der Waals surface area contributed by atoms with Crippen LogP contribution in [0.5, 0.6) is 5.75 Å². The number of halogens is 4. The van der Waals surface area contributed by atoms with E-state index in [0.29, 0.717) is 22.8 Å². The molecule has 0 spiro atoms. The maximum absolute atomic E-state index is 14.0. The van der Waals surface area contributed by atoms with Gasteiger partial charge in [0, 0.05) is 6.42 Å². The van der Waals surface area contributed by atoms with E-state index in [1.807, 2.05) is 13.0 Å². The normalized spacial score (nSPS) is 10.7. The van der Waals surface area contributed by atoms with Crippen LogP contribution in [0.4, 0.5) is 4.39 Å². The van der Waals surface area contributed by atoms with Crippen molar-refractivity contribution in [1.82, 2.24) is 0 Å². The average molecular weight is 334 g/mol. The largest absolute Gasteiger partial charge is 0.495 e. The minimum atomic E-state index is -0.497. The summed E-state index contributed by atoms with van der Waals surface area (Å²) in [5.41, 5.74) is 2.25. The first-order valence-electron chi connectivity index (χ1n) is 5.89. The van der Waals surface area contributed by atoms with Crippen molar-refractivity contribution in [2.75, 3.05) is 7.11 Å². The number of benzene rings is 2. The van der Waals surface area contributed by atoms with E-state index in [9.17, 15) is 4.39 Å². The van der Waals surface area contributed by atoms with Crippen molar-refractivity contribution in [3.63, 3.8) is 0 Å². The Labute approximate surface area is 132 Å². The number of hydrogen-bond acceptors (Lipinski definition) is 1. The van der Waals surface area contributed by atoms with Crippen LogP contribution in [0, 0.1) is 12.7 Å². The zero-order valence-corrected chi connectivity index (χ0v) is 13.2. The molecule has 0 aliphatic heterocycles. The molecular weight excluding hydrogens is 322 g/mol.